The average Bonchev–Trinajstić information content (AvgIpc) is 2.08. The van der Waals surface area contributed by atoms with Crippen molar-refractivity contribution in [1.82, 2.24) is 9.97 Å². The minimum absolute atomic E-state index is 0.0496. The molecule has 0 saturated carbocycles. The van der Waals surface area contributed by atoms with E-state index in [1.165, 1.54) is 7.11 Å². The van der Waals surface area contributed by atoms with Gasteiger partial charge in [0.15, 0.2) is 5.82 Å². The number of nitrogens with zero attached hydrogens (tertiary/aromatic N) is 2. The van der Waals surface area contributed by atoms with Gasteiger partial charge >= 0.3 is 10.4 Å². The molecule has 0 spiro atoms. The molecule has 0 aliphatic rings. The maximum Gasteiger partial charge on any atom is 0.394 e. The normalized spacial score (nSPS) is 10.2. The van der Waals surface area contributed by atoms with Crippen molar-refractivity contribution in [1.29, 1.82) is 0 Å². The lowest BCUT2D eigenvalue weighted by Gasteiger charge is -2.04. The Morgan fingerprint density at radius 3 is 2.00 bits per heavy atom. The molecule has 0 amide bonds. The lowest BCUT2D eigenvalue weighted by molar-refractivity contribution is 0.381. The van der Waals surface area contributed by atoms with E-state index in [0.29, 0.717) is 0 Å². The number of aromatic nitrogens is 2. The van der Waals surface area contributed by atoms with E-state index in [-0.39, 0.29) is 23.3 Å². The van der Waals surface area contributed by atoms with Crippen molar-refractivity contribution < 1.29 is 22.3 Å². The molecule has 0 unspecified atom stereocenters. The Balaban J connectivity index is 0.000000385. The van der Waals surface area contributed by atoms with Crippen molar-refractivity contribution in [3.05, 3.63) is 0 Å². The van der Waals surface area contributed by atoms with E-state index in [0.717, 1.165) is 0 Å². The molecule has 0 bridgehead atoms. The molecule has 0 aromatic carbocycles. The van der Waals surface area contributed by atoms with Crippen LogP contribution in [-0.2, 0) is 10.4 Å². The number of rotatable bonds is 1. The van der Waals surface area contributed by atoms with Crippen LogP contribution in [0.4, 0.5) is 17.5 Å². The Kier molecular flexibility index (Phi) is 4.68. The molecule has 8 N–H and O–H groups in total. The molecule has 10 nitrogen and oxygen atoms in total. The van der Waals surface area contributed by atoms with Gasteiger partial charge in [0, 0.05) is 0 Å². The zero-order valence-electron chi connectivity index (χ0n) is 8.15. The van der Waals surface area contributed by atoms with Crippen LogP contribution in [0, 0.1) is 0 Å². The van der Waals surface area contributed by atoms with Gasteiger partial charge in [0.2, 0.25) is 11.8 Å². The predicted molar refractivity (Wildman–Crippen MR) is 56.0 cm³/mol. The van der Waals surface area contributed by atoms with Crippen molar-refractivity contribution in [2.75, 3.05) is 24.3 Å². The topological polar surface area (TPSA) is 188 Å². The van der Waals surface area contributed by atoms with Gasteiger partial charge in [0.05, 0.1) is 7.11 Å². The third-order valence-electron chi connectivity index (χ3n) is 1.15. The van der Waals surface area contributed by atoms with Gasteiger partial charge < -0.3 is 21.9 Å². The van der Waals surface area contributed by atoms with Gasteiger partial charge in [-0.25, -0.2) is 0 Å². The SMILES string of the molecule is COc1nc(N)nc(N)c1N.O=S(=O)(O)O. The van der Waals surface area contributed by atoms with Gasteiger partial charge in [-0.2, -0.15) is 18.4 Å². The van der Waals surface area contributed by atoms with E-state index in [9.17, 15) is 0 Å². The molecular weight excluding hydrogens is 242 g/mol. The molecule has 1 rings (SSSR count). The van der Waals surface area contributed by atoms with Crippen LogP contribution in [0.2, 0.25) is 0 Å². The third kappa shape index (κ3) is 5.79. The number of hydrogen-bond donors (Lipinski definition) is 5. The summed E-state index contributed by atoms with van der Waals surface area (Å²) in [5, 5.41) is 0. The Morgan fingerprint density at radius 1 is 1.19 bits per heavy atom. The van der Waals surface area contributed by atoms with E-state index in [1.54, 1.807) is 0 Å². The number of nitrogens with two attached hydrogens (primary N) is 3. The van der Waals surface area contributed by atoms with E-state index in [4.69, 9.17) is 39.5 Å². The van der Waals surface area contributed by atoms with Crippen LogP contribution in [0.5, 0.6) is 5.88 Å². The smallest absolute Gasteiger partial charge is 0.394 e. The highest BCUT2D eigenvalue weighted by Crippen LogP contribution is 2.23. The maximum atomic E-state index is 8.74. The highest BCUT2D eigenvalue weighted by Gasteiger charge is 2.06. The second-order valence-corrected chi connectivity index (χ2v) is 3.23. The Bertz CT molecular complexity index is 453. The average molecular weight is 253 g/mol. The van der Waals surface area contributed by atoms with E-state index >= 15 is 0 Å². The number of hydrogen-bond acceptors (Lipinski definition) is 8. The van der Waals surface area contributed by atoms with Crippen LogP contribution >= 0.6 is 0 Å². The summed E-state index contributed by atoms with van der Waals surface area (Å²) >= 11 is 0. The summed E-state index contributed by atoms with van der Waals surface area (Å²) in [6, 6.07) is 0. The van der Waals surface area contributed by atoms with E-state index in [2.05, 4.69) is 9.97 Å². The van der Waals surface area contributed by atoms with E-state index < -0.39 is 10.4 Å². The van der Waals surface area contributed by atoms with Gasteiger partial charge in [-0.1, -0.05) is 0 Å². The van der Waals surface area contributed by atoms with Crippen molar-refractivity contribution in [3.8, 4) is 5.88 Å². The molecule has 1 heterocycles. The summed E-state index contributed by atoms with van der Waals surface area (Å²) in [5.41, 5.74) is 16.3. The standard InChI is InChI=1S/C5H9N5O.H2O4S/c1-11-4-2(6)3(7)9-5(8)10-4;1-5(2,3)4/h6H2,1H3,(H4,7,8,9,10);(H2,1,2,3,4). The fourth-order valence-electron chi connectivity index (χ4n) is 0.638. The molecular formula is C5H11N5O5S. The molecule has 16 heavy (non-hydrogen) atoms. The molecule has 11 heteroatoms. The lowest BCUT2D eigenvalue weighted by atomic mass is 10.5. The summed E-state index contributed by atoms with van der Waals surface area (Å²) in [4.78, 5) is 7.31. The van der Waals surface area contributed by atoms with Gasteiger partial charge in [0.25, 0.3) is 0 Å². The quantitative estimate of drug-likeness (QED) is 0.371. The fraction of sp³-hybridized carbons (Fsp3) is 0.200. The fourth-order valence-corrected chi connectivity index (χ4v) is 0.638. The maximum absolute atomic E-state index is 8.74. The second kappa shape index (κ2) is 5.29. The molecule has 92 valence electrons. The molecule has 1 aromatic heterocycles. The first-order valence-electron chi connectivity index (χ1n) is 3.57. The van der Waals surface area contributed by atoms with Gasteiger partial charge in [0.1, 0.15) is 5.69 Å². The van der Waals surface area contributed by atoms with Crippen molar-refractivity contribution in [3.63, 3.8) is 0 Å². The Hall–Kier alpha value is -1.85. The van der Waals surface area contributed by atoms with E-state index in [1.807, 2.05) is 0 Å². The van der Waals surface area contributed by atoms with Gasteiger partial charge in [-0.15, -0.1) is 0 Å². The summed E-state index contributed by atoms with van der Waals surface area (Å²) < 4.78 is 36.4. The Morgan fingerprint density at radius 2 is 1.62 bits per heavy atom. The highest BCUT2D eigenvalue weighted by molar-refractivity contribution is 7.79. The minimum atomic E-state index is -4.67. The zero-order chi connectivity index (χ0) is 12.9. The van der Waals surface area contributed by atoms with Gasteiger partial charge in [-0.3, -0.25) is 9.11 Å². The summed E-state index contributed by atoms with van der Waals surface area (Å²) in [6.07, 6.45) is 0. The Labute approximate surface area is 91.0 Å². The lowest BCUT2D eigenvalue weighted by Crippen LogP contribution is -2.06. The number of nitrogen functional groups attached to an aromatic ring is 3. The van der Waals surface area contributed by atoms with Crippen molar-refractivity contribution >= 4 is 27.9 Å². The predicted octanol–water partition coefficient (Wildman–Crippen LogP) is -1.42. The van der Waals surface area contributed by atoms with Gasteiger partial charge in [-0.05, 0) is 0 Å². The van der Waals surface area contributed by atoms with Crippen molar-refractivity contribution in [2.24, 2.45) is 0 Å². The molecule has 1 aromatic rings. The van der Waals surface area contributed by atoms with Crippen LogP contribution in [-0.4, -0.2) is 34.6 Å². The second-order valence-electron chi connectivity index (χ2n) is 2.34. The first kappa shape index (κ1) is 14.2. The first-order chi connectivity index (χ1) is 7.15. The molecule has 0 saturated heterocycles. The van der Waals surface area contributed by atoms with Crippen LogP contribution in [0.1, 0.15) is 0 Å². The third-order valence-corrected chi connectivity index (χ3v) is 1.15. The zero-order valence-corrected chi connectivity index (χ0v) is 8.97. The number of methoxy groups -OCH3 is 1. The highest BCUT2D eigenvalue weighted by atomic mass is 32.3. The molecule has 0 fully saturated rings. The van der Waals surface area contributed by atoms with Crippen LogP contribution < -0.4 is 21.9 Å². The van der Waals surface area contributed by atoms with Crippen LogP contribution in [0.25, 0.3) is 0 Å². The molecule has 0 aliphatic carbocycles. The summed E-state index contributed by atoms with van der Waals surface area (Å²) in [5.74, 6) is 0.387. The van der Waals surface area contributed by atoms with Crippen LogP contribution in [0.15, 0.2) is 0 Å². The minimum Gasteiger partial charge on any atom is -0.479 e. The van der Waals surface area contributed by atoms with Crippen molar-refractivity contribution in [2.45, 2.75) is 0 Å². The van der Waals surface area contributed by atoms with Crippen LogP contribution in [0.3, 0.4) is 0 Å². The molecule has 0 radical (unpaired) electrons. The molecule has 0 atom stereocenters. The summed E-state index contributed by atoms with van der Waals surface area (Å²) in [7, 11) is -3.24. The molecule has 0 aliphatic heterocycles. The monoisotopic (exact) mass is 253 g/mol. The number of anilines is 3. The number of ether oxygens (including phenoxy) is 1. The summed E-state index contributed by atoms with van der Waals surface area (Å²) in [6.45, 7) is 0. The first-order valence-corrected chi connectivity index (χ1v) is 4.97. The largest absolute Gasteiger partial charge is 0.479 e.